The number of anilines is 1. The van der Waals surface area contributed by atoms with E-state index in [0.29, 0.717) is 34.3 Å². The second-order valence-electron chi connectivity index (χ2n) is 6.38. The predicted molar refractivity (Wildman–Crippen MR) is 111 cm³/mol. The summed E-state index contributed by atoms with van der Waals surface area (Å²) in [4.78, 5) is 27.8. The number of carbonyl (C=O) groups is 2. The molecule has 0 spiro atoms. The highest BCUT2D eigenvalue weighted by atomic mass is 35.5. The van der Waals surface area contributed by atoms with Gasteiger partial charge in [-0.2, -0.15) is 0 Å². The standard InChI is InChI=1S/C21H20Cl2N2O2/c1-15(26)16-5-7-17(8-6-16)24-11-13-25(14-12-24)21(27)10-9-18-19(22)3-2-4-20(18)23/h2-10H,11-14H2,1H3/b10-9+. The Morgan fingerprint density at radius 1 is 0.926 bits per heavy atom. The lowest BCUT2D eigenvalue weighted by molar-refractivity contribution is -0.126. The molecule has 0 N–H and O–H groups in total. The van der Waals surface area contributed by atoms with Gasteiger partial charge in [0.2, 0.25) is 5.91 Å². The molecule has 27 heavy (non-hydrogen) atoms. The highest BCUT2D eigenvalue weighted by Gasteiger charge is 2.20. The number of ketones is 1. The summed E-state index contributed by atoms with van der Waals surface area (Å²) in [6.45, 7) is 4.31. The van der Waals surface area contributed by atoms with Crippen LogP contribution in [-0.2, 0) is 4.79 Å². The normalized spacial score (nSPS) is 14.6. The van der Waals surface area contributed by atoms with Crippen molar-refractivity contribution in [2.24, 2.45) is 0 Å². The molecule has 0 radical (unpaired) electrons. The van der Waals surface area contributed by atoms with Crippen LogP contribution >= 0.6 is 23.2 Å². The maximum atomic E-state index is 12.5. The van der Waals surface area contributed by atoms with Crippen molar-refractivity contribution < 1.29 is 9.59 Å². The molecule has 1 aliphatic heterocycles. The molecule has 0 unspecified atom stereocenters. The van der Waals surface area contributed by atoms with Crippen molar-refractivity contribution in [2.45, 2.75) is 6.92 Å². The molecule has 0 aromatic heterocycles. The molecule has 2 aromatic rings. The zero-order valence-corrected chi connectivity index (χ0v) is 16.5. The molecule has 6 heteroatoms. The second kappa shape index (κ2) is 8.59. The Hall–Kier alpha value is -2.30. The van der Waals surface area contributed by atoms with Crippen LogP contribution in [0.1, 0.15) is 22.8 Å². The Balaban J connectivity index is 1.59. The topological polar surface area (TPSA) is 40.6 Å². The largest absolute Gasteiger partial charge is 0.368 e. The van der Waals surface area contributed by atoms with E-state index in [-0.39, 0.29) is 11.7 Å². The molecule has 1 fully saturated rings. The van der Waals surface area contributed by atoms with Crippen molar-refractivity contribution in [3.8, 4) is 0 Å². The van der Waals surface area contributed by atoms with Crippen molar-refractivity contribution in [1.82, 2.24) is 4.90 Å². The number of piperazine rings is 1. The predicted octanol–water partition coefficient (Wildman–Crippen LogP) is 4.56. The summed E-state index contributed by atoms with van der Waals surface area (Å²) in [5.41, 5.74) is 2.42. The average molecular weight is 403 g/mol. The fourth-order valence-electron chi connectivity index (χ4n) is 3.02. The van der Waals surface area contributed by atoms with Gasteiger partial charge in [-0.1, -0.05) is 29.3 Å². The molecule has 0 atom stereocenters. The van der Waals surface area contributed by atoms with Crippen molar-refractivity contribution >= 4 is 46.7 Å². The fraction of sp³-hybridized carbons (Fsp3) is 0.238. The van der Waals surface area contributed by atoms with E-state index in [1.54, 1.807) is 31.2 Å². The van der Waals surface area contributed by atoms with E-state index in [4.69, 9.17) is 23.2 Å². The number of amides is 1. The van der Waals surface area contributed by atoms with Gasteiger partial charge in [0.15, 0.2) is 5.78 Å². The molecular formula is C21H20Cl2N2O2. The summed E-state index contributed by atoms with van der Waals surface area (Å²) >= 11 is 12.3. The minimum Gasteiger partial charge on any atom is -0.368 e. The first kappa shape index (κ1) is 19.5. The Morgan fingerprint density at radius 3 is 2.07 bits per heavy atom. The van der Waals surface area contributed by atoms with Gasteiger partial charge in [-0.15, -0.1) is 0 Å². The number of benzene rings is 2. The fourth-order valence-corrected chi connectivity index (χ4v) is 3.55. The molecule has 140 valence electrons. The van der Waals surface area contributed by atoms with Crippen LogP contribution in [0.3, 0.4) is 0 Å². The quantitative estimate of drug-likeness (QED) is 0.555. The maximum absolute atomic E-state index is 12.5. The Morgan fingerprint density at radius 2 is 1.52 bits per heavy atom. The van der Waals surface area contributed by atoms with E-state index < -0.39 is 0 Å². The first-order chi connectivity index (χ1) is 13.0. The van der Waals surface area contributed by atoms with Gasteiger partial charge in [0, 0.05) is 59.1 Å². The summed E-state index contributed by atoms with van der Waals surface area (Å²) in [7, 11) is 0. The Bertz CT molecular complexity index is 850. The van der Waals surface area contributed by atoms with E-state index in [2.05, 4.69) is 4.90 Å². The summed E-state index contributed by atoms with van der Waals surface area (Å²) < 4.78 is 0. The van der Waals surface area contributed by atoms with Gasteiger partial charge in [-0.25, -0.2) is 0 Å². The Kier molecular flexibility index (Phi) is 6.19. The van der Waals surface area contributed by atoms with E-state index in [1.807, 2.05) is 29.2 Å². The van der Waals surface area contributed by atoms with E-state index >= 15 is 0 Å². The van der Waals surface area contributed by atoms with Crippen molar-refractivity contribution in [3.05, 3.63) is 69.7 Å². The van der Waals surface area contributed by atoms with Crippen LogP contribution in [0.2, 0.25) is 10.0 Å². The minimum atomic E-state index is -0.0578. The second-order valence-corrected chi connectivity index (χ2v) is 7.20. The van der Waals surface area contributed by atoms with Gasteiger partial charge >= 0.3 is 0 Å². The van der Waals surface area contributed by atoms with Crippen molar-refractivity contribution in [1.29, 1.82) is 0 Å². The third kappa shape index (κ3) is 4.71. The summed E-state index contributed by atoms with van der Waals surface area (Å²) in [6, 6.07) is 12.8. The highest BCUT2D eigenvalue weighted by Crippen LogP contribution is 2.25. The smallest absolute Gasteiger partial charge is 0.246 e. The van der Waals surface area contributed by atoms with Crippen LogP contribution in [-0.4, -0.2) is 42.8 Å². The van der Waals surface area contributed by atoms with Crippen LogP contribution in [0.25, 0.3) is 6.08 Å². The number of carbonyl (C=O) groups excluding carboxylic acids is 2. The molecule has 1 heterocycles. The number of hydrogen-bond acceptors (Lipinski definition) is 3. The number of Topliss-reactive ketones (excluding diaryl/α,β-unsaturated/α-hetero) is 1. The molecular weight excluding hydrogens is 383 g/mol. The third-order valence-electron chi connectivity index (χ3n) is 4.62. The Labute approximate surface area is 169 Å². The molecule has 1 amide bonds. The lowest BCUT2D eigenvalue weighted by Gasteiger charge is -2.35. The van der Waals surface area contributed by atoms with Crippen LogP contribution in [0.5, 0.6) is 0 Å². The van der Waals surface area contributed by atoms with E-state index in [9.17, 15) is 9.59 Å². The van der Waals surface area contributed by atoms with Gasteiger partial charge in [0.05, 0.1) is 0 Å². The molecule has 0 bridgehead atoms. The van der Waals surface area contributed by atoms with Gasteiger partial charge in [-0.3, -0.25) is 9.59 Å². The molecule has 4 nitrogen and oxygen atoms in total. The molecule has 1 saturated heterocycles. The number of hydrogen-bond donors (Lipinski definition) is 0. The van der Waals surface area contributed by atoms with Gasteiger partial charge in [0.25, 0.3) is 0 Å². The summed E-state index contributed by atoms with van der Waals surface area (Å²) in [6.07, 6.45) is 3.18. The minimum absolute atomic E-state index is 0.0578. The van der Waals surface area contributed by atoms with E-state index in [1.165, 1.54) is 6.08 Å². The summed E-state index contributed by atoms with van der Waals surface area (Å²) in [5.74, 6) is -0.0000555. The monoisotopic (exact) mass is 402 g/mol. The highest BCUT2D eigenvalue weighted by molar-refractivity contribution is 6.37. The van der Waals surface area contributed by atoms with Crippen LogP contribution < -0.4 is 4.90 Å². The van der Waals surface area contributed by atoms with Gasteiger partial charge in [-0.05, 0) is 49.4 Å². The van der Waals surface area contributed by atoms with E-state index in [0.717, 1.165) is 18.8 Å². The molecule has 1 aliphatic rings. The van der Waals surface area contributed by atoms with Crippen LogP contribution in [0.15, 0.2) is 48.5 Å². The van der Waals surface area contributed by atoms with Gasteiger partial charge < -0.3 is 9.80 Å². The average Bonchev–Trinajstić information content (AvgIpc) is 2.67. The number of halogens is 2. The third-order valence-corrected chi connectivity index (χ3v) is 5.28. The first-order valence-corrected chi connectivity index (χ1v) is 9.48. The zero-order chi connectivity index (χ0) is 19.4. The molecule has 0 saturated carbocycles. The molecule has 0 aliphatic carbocycles. The SMILES string of the molecule is CC(=O)c1ccc(N2CCN(C(=O)/C=C/c3c(Cl)cccc3Cl)CC2)cc1. The molecule has 2 aromatic carbocycles. The zero-order valence-electron chi connectivity index (χ0n) is 15.0. The first-order valence-electron chi connectivity index (χ1n) is 8.72. The molecule has 3 rings (SSSR count). The summed E-state index contributed by atoms with van der Waals surface area (Å²) in [5, 5.41) is 1.04. The van der Waals surface area contributed by atoms with Crippen LogP contribution in [0, 0.1) is 0 Å². The van der Waals surface area contributed by atoms with Crippen LogP contribution in [0.4, 0.5) is 5.69 Å². The van der Waals surface area contributed by atoms with Crippen molar-refractivity contribution in [3.63, 3.8) is 0 Å². The number of rotatable bonds is 4. The lowest BCUT2D eigenvalue weighted by Crippen LogP contribution is -2.48. The maximum Gasteiger partial charge on any atom is 0.246 e. The lowest BCUT2D eigenvalue weighted by atomic mass is 10.1. The van der Waals surface area contributed by atoms with Gasteiger partial charge in [0.1, 0.15) is 0 Å². The number of nitrogens with zero attached hydrogens (tertiary/aromatic N) is 2. The van der Waals surface area contributed by atoms with Crippen molar-refractivity contribution in [2.75, 3.05) is 31.1 Å².